The van der Waals surface area contributed by atoms with Crippen LogP contribution in [0.15, 0.2) is 33.6 Å². The minimum atomic E-state index is -3.86. The lowest BCUT2D eigenvalue weighted by Gasteiger charge is -2.21. The molecule has 0 radical (unpaired) electrons. The number of ether oxygens (including phenoxy) is 1. The molecule has 1 aliphatic heterocycles. The summed E-state index contributed by atoms with van der Waals surface area (Å²) in [6.07, 6.45) is 0. The van der Waals surface area contributed by atoms with Crippen molar-refractivity contribution in [2.24, 2.45) is 0 Å². The second kappa shape index (κ2) is 6.12. The Bertz CT molecular complexity index is 907. The molecule has 0 fully saturated rings. The number of furan rings is 1. The predicted octanol–water partition coefficient (Wildman–Crippen LogP) is 2.39. The van der Waals surface area contributed by atoms with Gasteiger partial charge in [-0.2, -0.15) is 4.31 Å². The standard InChI is InChI=1S/C15H15ClN2O5S/c1-9-3-4-10(23-9)7-18(2)24(20,21)14-6-13-12(5-11(14)16)17-15(19)8-22-13/h3-6H,7-8H2,1-2H3,(H,17,19). The highest BCUT2D eigenvalue weighted by atomic mass is 35.5. The van der Waals surface area contributed by atoms with E-state index >= 15 is 0 Å². The van der Waals surface area contributed by atoms with Gasteiger partial charge in [0.2, 0.25) is 10.0 Å². The van der Waals surface area contributed by atoms with E-state index in [2.05, 4.69) is 5.32 Å². The van der Waals surface area contributed by atoms with Gasteiger partial charge in [-0.15, -0.1) is 0 Å². The van der Waals surface area contributed by atoms with E-state index in [1.807, 2.05) is 0 Å². The lowest BCUT2D eigenvalue weighted by Crippen LogP contribution is -2.28. The summed E-state index contributed by atoms with van der Waals surface area (Å²) >= 11 is 6.11. The second-order valence-corrected chi connectivity index (χ2v) is 7.81. The Morgan fingerprint density at radius 3 is 2.75 bits per heavy atom. The van der Waals surface area contributed by atoms with Crippen molar-refractivity contribution < 1.29 is 22.4 Å². The fourth-order valence-electron chi connectivity index (χ4n) is 2.32. The minimum Gasteiger partial charge on any atom is -0.482 e. The molecule has 0 unspecified atom stereocenters. The number of halogens is 1. The summed E-state index contributed by atoms with van der Waals surface area (Å²) in [6, 6.07) is 6.16. The van der Waals surface area contributed by atoms with Crippen LogP contribution in [0.3, 0.4) is 0 Å². The molecular weight excluding hydrogens is 356 g/mol. The van der Waals surface area contributed by atoms with Crippen molar-refractivity contribution in [1.82, 2.24) is 4.31 Å². The first-order chi connectivity index (χ1) is 11.3. The number of hydrogen-bond acceptors (Lipinski definition) is 5. The van der Waals surface area contributed by atoms with Gasteiger partial charge in [0.1, 0.15) is 22.2 Å². The van der Waals surface area contributed by atoms with Gasteiger partial charge in [0, 0.05) is 13.1 Å². The number of anilines is 1. The van der Waals surface area contributed by atoms with Crippen LogP contribution >= 0.6 is 11.6 Å². The molecule has 0 bridgehead atoms. The molecule has 9 heteroatoms. The lowest BCUT2D eigenvalue weighted by atomic mass is 10.2. The van der Waals surface area contributed by atoms with Crippen molar-refractivity contribution >= 4 is 33.2 Å². The van der Waals surface area contributed by atoms with Crippen LogP contribution in [-0.4, -0.2) is 32.3 Å². The van der Waals surface area contributed by atoms with E-state index in [0.29, 0.717) is 17.2 Å². The number of rotatable bonds is 4. The molecule has 3 rings (SSSR count). The Morgan fingerprint density at radius 2 is 2.08 bits per heavy atom. The average Bonchev–Trinajstić information content (AvgIpc) is 2.91. The summed E-state index contributed by atoms with van der Waals surface area (Å²) in [5.74, 6) is 1.17. The maximum Gasteiger partial charge on any atom is 0.262 e. The molecule has 1 N–H and O–H groups in total. The fourth-order valence-corrected chi connectivity index (χ4v) is 3.97. The van der Waals surface area contributed by atoms with Crippen LogP contribution in [0.4, 0.5) is 5.69 Å². The largest absolute Gasteiger partial charge is 0.482 e. The molecule has 0 aliphatic carbocycles. The summed E-state index contributed by atoms with van der Waals surface area (Å²) in [4.78, 5) is 11.2. The van der Waals surface area contributed by atoms with Crippen LogP contribution in [0.2, 0.25) is 5.02 Å². The van der Waals surface area contributed by atoms with E-state index < -0.39 is 10.0 Å². The molecule has 2 heterocycles. The van der Waals surface area contributed by atoms with Gasteiger partial charge in [-0.25, -0.2) is 8.42 Å². The summed E-state index contributed by atoms with van der Waals surface area (Å²) < 4.78 is 37.3. The molecule has 0 spiro atoms. The number of nitrogens with zero attached hydrogens (tertiary/aromatic N) is 1. The molecule has 1 aromatic heterocycles. The van der Waals surface area contributed by atoms with E-state index in [1.54, 1.807) is 19.1 Å². The number of hydrogen-bond donors (Lipinski definition) is 1. The highest BCUT2D eigenvalue weighted by Crippen LogP contribution is 2.36. The number of amides is 1. The maximum absolute atomic E-state index is 12.8. The average molecular weight is 371 g/mol. The maximum atomic E-state index is 12.8. The van der Waals surface area contributed by atoms with Crippen LogP contribution < -0.4 is 10.1 Å². The quantitative estimate of drug-likeness (QED) is 0.892. The number of benzene rings is 1. The number of sulfonamides is 1. The van der Waals surface area contributed by atoms with Gasteiger partial charge in [-0.3, -0.25) is 4.79 Å². The second-order valence-electron chi connectivity index (χ2n) is 5.39. The van der Waals surface area contributed by atoms with Gasteiger partial charge >= 0.3 is 0 Å². The van der Waals surface area contributed by atoms with E-state index in [4.69, 9.17) is 20.8 Å². The Labute approximate surface area is 144 Å². The number of carbonyl (C=O) groups is 1. The summed E-state index contributed by atoms with van der Waals surface area (Å²) in [5, 5.41) is 2.58. The number of carbonyl (C=O) groups excluding carboxylic acids is 1. The molecule has 0 saturated carbocycles. The molecule has 128 valence electrons. The Hall–Kier alpha value is -2.03. The first-order valence-corrected chi connectivity index (χ1v) is 8.87. The Kier molecular flexibility index (Phi) is 4.29. The van der Waals surface area contributed by atoms with Crippen molar-refractivity contribution in [1.29, 1.82) is 0 Å². The zero-order valence-electron chi connectivity index (χ0n) is 13.0. The van der Waals surface area contributed by atoms with Gasteiger partial charge in [0.15, 0.2) is 6.61 Å². The van der Waals surface area contributed by atoms with Crippen LogP contribution in [0.5, 0.6) is 5.75 Å². The van der Waals surface area contributed by atoms with Gasteiger partial charge in [-0.05, 0) is 25.1 Å². The van der Waals surface area contributed by atoms with Crippen LogP contribution in [0.1, 0.15) is 11.5 Å². The highest BCUT2D eigenvalue weighted by molar-refractivity contribution is 7.89. The van der Waals surface area contributed by atoms with E-state index in [-0.39, 0.29) is 34.7 Å². The summed E-state index contributed by atoms with van der Waals surface area (Å²) in [7, 11) is -2.42. The molecular formula is C15H15ClN2O5S. The Balaban J connectivity index is 1.93. The van der Waals surface area contributed by atoms with E-state index in [9.17, 15) is 13.2 Å². The lowest BCUT2D eigenvalue weighted by molar-refractivity contribution is -0.118. The predicted molar refractivity (Wildman–Crippen MR) is 87.7 cm³/mol. The monoisotopic (exact) mass is 370 g/mol. The third kappa shape index (κ3) is 3.12. The van der Waals surface area contributed by atoms with Crippen LogP contribution in [-0.2, 0) is 21.4 Å². The van der Waals surface area contributed by atoms with Gasteiger partial charge in [0.05, 0.1) is 17.3 Å². The normalized spacial score (nSPS) is 14.2. The van der Waals surface area contributed by atoms with Crippen molar-refractivity contribution in [3.8, 4) is 5.75 Å². The zero-order valence-corrected chi connectivity index (χ0v) is 14.6. The SMILES string of the molecule is Cc1ccc(CN(C)S(=O)(=O)c2cc3c(cc2Cl)NC(=O)CO3)o1. The third-order valence-corrected chi connectivity index (χ3v) is 5.80. The van der Waals surface area contributed by atoms with Crippen molar-refractivity contribution in [3.63, 3.8) is 0 Å². The van der Waals surface area contributed by atoms with E-state index in [1.165, 1.54) is 19.2 Å². The van der Waals surface area contributed by atoms with Crippen LogP contribution in [0.25, 0.3) is 0 Å². The molecule has 1 amide bonds. The van der Waals surface area contributed by atoms with Crippen LogP contribution in [0, 0.1) is 6.92 Å². The summed E-state index contributed by atoms with van der Waals surface area (Å²) in [5.41, 5.74) is 0.347. The minimum absolute atomic E-state index is 0.00188. The highest BCUT2D eigenvalue weighted by Gasteiger charge is 2.28. The molecule has 24 heavy (non-hydrogen) atoms. The van der Waals surface area contributed by atoms with Crippen molar-refractivity contribution in [2.45, 2.75) is 18.4 Å². The smallest absolute Gasteiger partial charge is 0.262 e. The van der Waals surface area contributed by atoms with Gasteiger partial charge in [-0.1, -0.05) is 11.6 Å². The molecule has 2 aromatic rings. The fraction of sp³-hybridized carbons (Fsp3) is 0.267. The van der Waals surface area contributed by atoms with Gasteiger partial charge < -0.3 is 14.5 Å². The van der Waals surface area contributed by atoms with Crippen molar-refractivity contribution in [3.05, 3.63) is 40.8 Å². The number of aryl methyl sites for hydroxylation is 1. The van der Waals surface area contributed by atoms with E-state index in [0.717, 1.165) is 4.31 Å². The Morgan fingerprint density at radius 1 is 1.33 bits per heavy atom. The van der Waals surface area contributed by atoms with Crippen molar-refractivity contribution in [2.75, 3.05) is 19.0 Å². The zero-order chi connectivity index (χ0) is 17.5. The number of nitrogens with one attached hydrogen (secondary N) is 1. The first-order valence-electron chi connectivity index (χ1n) is 7.05. The first kappa shape index (κ1) is 16.8. The molecule has 1 aromatic carbocycles. The third-order valence-electron chi connectivity index (χ3n) is 3.53. The molecule has 7 nitrogen and oxygen atoms in total. The van der Waals surface area contributed by atoms with Gasteiger partial charge in [0.25, 0.3) is 5.91 Å². The summed E-state index contributed by atoms with van der Waals surface area (Å²) in [6.45, 7) is 1.68. The molecule has 0 atom stereocenters. The molecule has 0 saturated heterocycles. The number of fused-ring (bicyclic) bond motifs is 1. The topological polar surface area (TPSA) is 88.9 Å². The molecule has 1 aliphatic rings.